The summed E-state index contributed by atoms with van der Waals surface area (Å²) in [4.78, 5) is 3.43. The molecule has 2 atom stereocenters. The molecule has 0 spiro atoms. The Morgan fingerprint density at radius 1 is 1.50 bits per heavy atom. The number of rotatable bonds is 2. The van der Waals surface area contributed by atoms with E-state index in [0.29, 0.717) is 11.3 Å². The van der Waals surface area contributed by atoms with Gasteiger partial charge in [0.25, 0.3) is 0 Å². The lowest BCUT2D eigenvalue weighted by Crippen LogP contribution is -2.41. The lowest BCUT2D eigenvalue weighted by atomic mass is 10.1. The molecular weight excluding hydrogens is 242 g/mol. The Hall–Kier alpha value is -0.380. The van der Waals surface area contributed by atoms with Crippen LogP contribution in [-0.2, 0) is 0 Å². The third-order valence-electron chi connectivity index (χ3n) is 3.14. The van der Waals surface area contributed by atoms with Crippen molar-refractivity contribution in [1.82, 2.24) is 0 Å². The first-order valence-electron chi connectivity index (χ1n) is 5.44. The molecule has 4 heteroatoms. The number of anilines is 1. The van der Waals surface area contributed by atoms with E-state index in [9.17, 15) is 0 Å². The summed E-state index contributed by atoms with van der Waals surface area (Å²) in [5.74, 6) is 0. The fraction of sp³-hybridized carbons (Fsp3) is 0.500. The molecule has 1 aliphatic rings. The van der Waals surface area contributed by atoms with Crippen molar-refractivity contribution in [2.24, 2.45) is 0 Å². The van der Waals surface area contributed by atoms with Gasteiger partial charge in [0.1, 0.15) is 0 Å². The smallest absolute Gasteiger partial charge is 0.0694 e. The molecule has 2 nitrogen and oxygen atoms in total. The molecule has 1 aromatic rings. The van der Waals surface area contributed by atoms with Gasteiger partial charge >= 0.3 is 0 Å². The van der Waals surface area contributed by atoms with Crippen molar-refractivity contribution in [3.8, 4) is 0 Å². The molecule has 0 saturated heterocycles. The second-order valence-corrected chi connectivity index (χ2v) is 5.79. The Labute approximate surface area is 106 Å². The van der Waals surface area contributed by atoms with Gasteiger partial charge in [0.2, 0.25) is 0 Å². The molecule has 0 fully saturated rings. The van der Waals surface area contributed by atoms with E-state index in [1.807, 2.05) is 23.9 Å². The van der Waals surface area contributed by atoms with Crippen molar-refractivity contribution < 1.29 is 5.11 Å². The molecule has 0 bridgehead atoms. The van der Waals surface area contributed by atoms with Crippen LogP contribution in [0.1, 0.15) is 13.3 Å². The van der Waals surface area contributed by atoms with Crippen molar-refractivity contribution in [2.75, 3.05) is 18.6 Å². The Bertz CT molecular complexity index is 385. The average molecular weight is 258 g/mol. The Balaban J connectivity index is 2.36. The fourth-order valence-electron chi connectivity index (χ4n) is 2.07. The highest BCUT2D eigenvalue weighted by Gasteiger charge is 2.30. The van der Waals surface area contributed by atoms with Crippen LogP contribution in [0.3, 0.4) is 0 Å². The fourth-order valence-corrected chi connectivity index (χ4v) is 3.89. The summed E-state index contributed by atoms with van der Waals surface area (Å²) >= 11 is 8.04. The van der Waals surface area contributed by atoms with E-state index in [-0.39, 0.29) is 6.61 Å². The number of nitrogens with zero attached hydrogens (tertiary/aromatic N) is 1. The Morgan fingerprint density at radius 3 is 2.94 bits per heavy atom. The first-order valence-corrected chi connectivity index (χ1v) is 6.69. The normalized spacial score (nSPS) is 24.4. The van der Waals surface area contributed by atoms with Crippen molar-refractivity contribution >= 4 is 29.1 Å². The molecule has 0 saturated carbocycles. The third-order valence-corrected chi connectivity index (χ3v) is 4.96. The minimum Gasteiger partial charge on any atom is -0.396 e. The van der Waals surface area contributed by atoms with E-state index < -0.39 is 0 Å². The maximum Gasteiger partial charge on any atom is 0.0694 e. The van der Waals surface area contributed by atoms with E-state index in [4.69, 9.17) is 16.7 Å². The molecule has 1 N–H and O–H groups in total. The zero-order valence-corrected chi connectivity index (χ0v) is 11.1. The van der Waals surface area contributed by atoms with E-state index in [1.54, 1.807) is 0 Å². The van der Waals surface area contributed by atoms with Crippen molar-refractivity contribution in [3.63, 3.8) is 0 Å². The van der Waals surface area contributed by atoms with Gasteiger partial charge < -0.3 is 10.0 Å². The molecule has 2 unspecified atom stereocenters. The van der Waals surface area contributed by atoms with E-state index in [1.165, 1.54) is 4.90 Å². The number of para-hydroxylation sites is 1. The average Bonchev–Trinajstić information content (AvgIpc) is 2.25. The molecule has 0 aromatic heterocycles. The number of fused-ring (bicyclic) bond motifs is 1. The van der Waals surface area contributed by atoms with Crippen LogP contribution in [0, 0.1) is 0 Å². The molecule has 0 amide bonds. The highest BCUT2D eigenvalue weighted by molar-refractivity contribution is 8.00. The van der Waals surface area contributed by atoms with Gasteiger partial charge in [-0.15, -0.1) is 11.8 Å². The lowest BCUT2D eigenvalue weighted by Gasteiger charge is -2.39. The van der Waals surface area contributed by atoms with Gasteiger partial charge in [-0.1, -0.05) is 17.7 Å². The third kappa shape index (κ3) is 2.04. The standard InChI is InChI=1S/C12H16ClNOS/c1-8-10(6-7-15)16-11-5-3-4-9(13)12(11)14(8)2/h3-5,8,10,15H,6-7H2,1-2H3. The molecule has 1 aromatic carbocycles. The molecular formula is C12H16ClNOS. The number of benzene rings is 1. The summed E-state index contributed by atoms with van der Waals surface area (Å²) in [7, 11) is 2.07. The van der Waals surface area contributed by atoms with Gasteiger partial charge in [0, 0.05) is 29.8 Å². The van der Waals surface area contributed by atoms with E-state index >= 15 is 0 Å². The molecule has 1 heterocycles. The van der Waals surface area contributed by atoms with Crippen molar-refractivity contribution in [1.29, 1.82) is 0 Å². The Morgan fingerprint density at radius 2 is 2.25 bits per heavy atom. The summed E-state index contributed by atoms with van der Waals surface area (Å²) in [6, 6.07) is 6.40. The molecule has 2 rings (SSSR count). The predicted octanol–water partition coefficient (Wildman–Crippen LogP) is 3.02. The molecule has 1 aliphatic heterocycles. The van der Waals surface area contributed by atoms with E-state index in [2.05, 4.69) is 24.9 Å². The topological polar surface area (TPSA) is 23.5 Å². The van der Waals surface area contributed by atoms with Gasteiger partial charge in [-0.3, -0.25) is 0 Å². The van der Waals surface area contributed by atoms with Crippen molar-refractivity contribution in [3.05, 3.63) is 23.2 Å². The molecule has 16 heavy (non-hydrogen) atoms. The molecule has 88 valence electrons. The van der Waals surface area contributed by atoms with Gasteiger partial charge in [0.05, 0.1) is 10.7 Å². The van der Waals surface area contributed by atoms with Gasteiger partial charge in [-0.2, -0.15) is 0 Å². The summed E-state index contributed by atoms with van der Waals surface area (Å²) in [6.07, 6.45) is 0.822. The maximum absolute atomic E-state index is 9.07. The maximum atomic E-state index is 9.07. The summed E-state index contributed by atoms with van der Waals surface area (Å²) in [6.45, 7) is 2.42. The highest BCUT2D eigenvalue weighted by Crippen LogP contribution is 2.45. The van der Waals surface area contributed by atoms with Crippen LogP contribution < -0.4 is 4.90 Å². The second kappa shape index (κ2) is 4.86. The zero-order chi connectivity index (χ0) is 11.7. The Kier molecular flexibility index (Phi) is 3.67. The molecule has 0 radical (unpaired) electrons. The minimum absolute atomic E-state index is 0.242. The predicted molar refractivity (Wildman–Crippen MR) is 70.7 cm³/mol. The second-order valence-electron chi connectivity index (χ2n) is 4.11. The van der Waals surface area contributed by atoms with Crippen LogP contribution in [0.4, 0.5) is 5.69 Å². The summed E-state index contributed by atoms with van der Waals surface area (Å²) < 4.78 is 0. The van der Waals surface area contributed by atoms with Crippen LogP contribution in [0.25, 0.3) is 0 Å². The van der Waals surface area contributed by atoms with Crippen LogP contribution in [0.2, 0.25) is 5.02 Å². The van der Waals surface area contributed by atoms with Gasteiger partial charge in [-0.25, -0.2) is 0 Å². The van der Waals surface area contributed by atoms with Crippen LogP contribution in [-0.4, -0.2) is 30.1 Å². The summed E-state index contributed by atoms with van der Waals surface area (Å²) in [5, 5.41) is 10.3. The number of aliphatic hydroxyl groups excluding tert-OH is 1. The lowest BCUT2D eigenvalue weighted by molar-refractivity contribution is 0.282. The monoisotopic (exact) mass is 257 g/mol. The quantitative estimate of drug-likeness (QED) is 0.881. The van der Waals surface area contributed by atoms with Crippen LogP contribution >= 0.6 is 23.4 Å². The van der Waals surface area contributed by atoms with E-state index in [0.717, 1.165) is 17.1 Å². The number of thioether (sulfide) groups is 1. The minimum atomic E-state index is 0.242. The van der Waals surface area contributed by atoms with Gasteiger partial charge in [0.15, 0.2) is 0 Å². The van der Waals surface area contributed by atoms with Crippen LogP contribution in [0.5, 0.6) is 0 Å². The number of hydrogen-bond donors (Lipinski definition) is 1. The van der Waals surface area contributed by atoms with Crippen molar-refractivity contribution in [2.45, 2.75) is 29.5 Å². The first-order chi connectivity index (χ1) is 7.65. The number of halogens is 1. The molecule has 0 aliphatic carbocycles. The van der Waals surface area contributed by atoms with Crippen LogP contribution in [0.15, 0.2) is 23.1 Å². The SMILES string of the molecule is CC1C(CCO)Sc2cccc(Cl)c2N1C. The summed E-state index contributed by atoms with van der Waals surface area (Å²) in [5.41, 5.74) is 1.12. The number of aliphatic hydroxyl groups is 1. The number of hydrogen-bond acceptors (Lipinski definition) is 3. The van der Waals surface area contributed by atoms with Gasteiger partial charge in [-0.05, 0) is 25.5 Å². The highest BCUT2D eigenvalue weighted by atomic mass is 35.5. The first kappa shape index (κ1) is 12.1. The zero-order valence-electron chi connectivity index (χ0n) is 9.48. The largest absolute Gasteiger partial charge is 0.396 e.